The van der Waals surface area contributed by atoms with Gasteiger partial charge < -0.3 is 10.1 Å². The van der Waals surface area contributed by atoms with Crippen molar-refractivity contribution in [3.63, 3.8) is 0 Å². The molecular weight excluding hydrogens is 552 g/mol. The zero-order chi connectivity index (χ0) is 29.7. The number of hydrogen-bond acceptors (Lipinski definition) is 5. The van der Waals surface area contributed by atoms with Crippen LogP contribution in [0.15, 0.2) is 127 Å². The number of rotatable bonds is 12. The van der Waals surface area contributed by atoms with Crippen LogP contribution in [0.4, 0.5) is 0 Å². The lowest BCUT2D eigenvalue weighted by atomic mass is 9.96. The molecule has 0 spiro atoms. The Hall–Kier alpha value is -3.97. The Bertz CT molecular complexity index is 1440. The summed E-state index contributed by atoms with van der Waals surface area (Å²) in [7, 11) is 0. The lowest BCUT2D eigenvalue weighted by Crippen LogP contribution is -2.55. The second kappa shape index (κ2) is 16.0. The molecule has 1 fully saturated rings. The van der Waals surface area contributed by atoms with Gasteiger partial charge in [-0.1, -0.05) is 133 Å². The fourth-order valence-electron chi connectivity index (χ4n) is 5.37. The van der Waals surface area contributed by atoms with Gasteiger partial charge in [-0.05, 0) is 36.1 Å². The molecular formula is C37H38N2O3S. The highest BCUT2D eigenvalue weighted by Gasteiger charge is 2.36. The van der Waals surface area contributed by atoms with Gasteiger partial charge in [-0.15, -0.1) is 0 Å². The van der Waals surface area contributed by atoms with Gasteiger partial charge in [-0.3, -0.25) is 14.5 Å². The van der Waals surface area contributed by atoms with Gasteiger partial charge in [-0.25, -0.2) is 0 Å². The number of nitrogens with zero attached hydrogens (tertiary/aromatic N) is 1. The van der Waals surface area contributed by atoms with E-state index < -0.39 is 0 Å². The summed E-state index contributed by atoms with van der Waals surface area (Å²) in [5, 5.41) is 3.11. The molecule has 3 unspecified atom stereocenters. The van der Waals surface area contributed by atoms with Gasteiger partial charge in [0, 0.05) is 36.3 Å². The van der Waals surface area contributed by atoms with Crippen LogP contribution in [-0.2, 0) is 11.2 Å². The van der Waals surface area contributed by atoms with Gasteiger partial charge in [0.2, 0.25) is 5.12 Å². The summed E-state index contributed by atoms with van der Waals surface area (Å²) in [5.41, 5.74) is 3.55. The highest BCUT2D eigenvalue weighted by molar-refractivity contribution is 8.14. The minimum absolute atomic E-state index is 0.00404. The maximum Gasteiger partial charge on any atom is 0.251 e. The number of morpholine rings is 1. The van der Waals surface area contributed by atoms with Gasteiger partial charge in [-0.2, -0.15) is 0 Å². The van der Waals surface area contributed by atoms with Crippen LogP contribution in [0, 0.1) is 0 Å². The van der Waals surface area contributed by atoms with Crippen molar-refractivity contribution in [3.05, 3.63) is 150 Å². The normalized spacial score (nSPS) is 15.9. The highest BCUT2D eigenvalue weighted by Crippen LogP contribution is 2.30. The molecule has 6 heteroatoms. The van der Waals surface area contributed by atoms with Crippen LogP contribution >= 0.6 is 11.8 Å². The number of ether oxygens (including phenoxy) is 1. The molecule has 4 aromatic carbocycles. The maximum atomic E-state index is 13.8. The Morgan fingerprint density at radius 1 is 0.767 bits per heavy atom. The van der Waals surface area contributed by atoms with Crippen molar-refractivity contribution in [1.29, 1.82) is 0 Å². The molecule has 0 radical (unpaired) electrons. The van der Waals surface area contributed by atoms with Crippen molar-refractivity contribution in [2.24, 2.45) is 0 Å². The molecule has 1 amide bonds. The predicted octanol–water partition coefficient (Wildman–Crippen LogP) is 6.77. The molecule has 1 heterocycles. The first-order chi connectivity index (χ1) is 21.2. The zero-order valence-corrected chi connectivity index (χ0v) is 25.1. The van der Waals surface area contributed by atoms with Crippen molar-refractivity contribution in [2.45, 2.75) is 30.2 Å². The largest absolute Gasteiger partial charge is 0.379 e. The van der Waals surface area contributed by atoms with Gasteiger partial charge >= 0.3 is 0 Å². The zero-order valence-electron chi connectivity index (χ0n) is 24.3. The van der Waals surface area contributed by atoms with E-state index in [-0.39, 0.29) is 28.4 Å². The van der Waals surface area contributed by atoms with Gasteiger partial charge in [0.05, 0.1) is 18.5 Å². The summed E-state index contributed by atoms with van der Waals surface area (Å²) in [6, 6.07) is 38.8. The second-order valence-corrected chi connectivity index (χ2v) is 11.8. The molecule has 0 saturated carbocycles. The third-order valence-corrected chi connectivity index (χ3v) is 9.01. The summed E-state index contributed by atoms with van der Waals surface area (Å²) in [5.74, 6) is -0.135. The Morgan fingerprint density at radius 2 is 1.33 bits per heavy atom. The van der Waals surface area contributed by atoms with Gasteiger partial charge in [0.15, 0.2) is 0 Å². The van der Waals surface area contributed by atoms with Crippen molar-refractivity contribution in [3.8, 4) is 0 Å². The molecule has 1 saturated heterocycles. The maximum absolute atomic E-state index is 13.8. The Kier molecular flexibility index (Phi) is 11.4. The Morgan fingerprint density at radius 3 is 1.95 bits per heavy atom. The number of carbonyl (C=O) groups is 2. The third-order valence-electron chi connectivity index (χ3n) is 7.68. The number of benzene rings is 4. The van der Waals surface area contributed by atoms with E-state index in [1.807, 2.05) is 97.1 Å². The molecule has 1 aliphatic heterocycles. The van der Waals surface area contributed by atoms with E-state index in [0.29, 0.717) is 30.8 Å². The molecule has 0 aliphatic carbocycles. The molecule has 1 N–H and O–H groups in total. The number of aryl methyl sites for hydroxylation is 1. The minimum Gasteiger partial charge on any atom is -0.379 e. The third kappa shape index (κ3) is 9.01. The fraction of sp³-hybridized carbons (Fsp3) is 0.243. The molecule has 3 atom stereocenters. The van der Waals surface area contributed by atoms with Crippen molar-refractivity contribution in [1.82, 2.24) is 10.2 Å². The summed E-state index contributed by atoms with van der Waals surface area (Å²) in [6.45, 7) is 2.76. The van der Waals surface area contributed by atoms with E-state index in [0.717, 1.165) is 25.1 Å². The van der Waals surface area contributed by atoms with Crippen LogP contribution in [0.1, 0.15) is 38.3 Å². The van der Waals surface area contributed by atoms with E-state index >= 15 is 0 Å². The molecule has 4 aromatic rings. The molecule has 0 aromatic heterocycles. The first-order valence-corrected chi connectivity index (χ1v) is 15.8. The number of carbonyl (C=O) groups excluding carboxylic acids is 2. The Labute approximate surface area is 259 Å². The van der Waals surface area contributed by atoms with Crippen LogP contribution in [-0.4, -0.2) is 59.6 Å². The lowest BCUT2D eigenvalue weighted by molar-refractivity contribution is 0.0236. The van der Waals surface area contributed by atoms with E-state index in [4.69, 9.17) is 4.74 Å². The molecule has 5 rings (SSSR count). The Balaban J connectivity index is 1.53. The number of hydrogen-bond donors (Lipinski definition) is 1. The number of thioether (sulfide) groups is 1. The summed E-state index contributed by atoms with van der Waals surface area (Å²) in [6.07, 6.45) is 5.80. The number of nitrogens with one attached hydrogen (secondary N) is 1. The van der Waals surface area contributed by atoms with E-state index in [9.17, 15) is 9.59 Å². The SMILES string of the molecule is O=C(NC(CCc1ccccc1)C(SC(=O)c1ccccc1)C(/C=C/c1ccccc1)N1CCOCC1)c1ccccc1. The van der Waals surface area contributed by atoms with E-state index in [1.165, 1.54) is 17.3 Å². The van der Waals surface area contributed by atoms with Crippen LogP contribution in [0.25, 0.3) is 6.08 Å². The van der Waals surface area contributed by atoms with Crippen molar-refractivity contribution in [2.75, 3.05) is 26.3 Å². The molecule has 220 valence electrons. The monoisotopic (exact) mass is 590 g/mol. The average Bonchev–Trinajstić information content (AvgIpc) is 3.08. The van der Waals surface area contributed by atoms with Crippen LogP contribution in [0.3, 0.4) is 0 Å². The quantitative estimate of drug-likeness (QED) is 0.197. The first-order valence-electron chi connectivity index (χ1n) is 14.9. The first kappa shape index (κ1) is 30.5. The van der Waals surface area contributed by atoms with Crippen molar-refractivity contribution >= 4 is 28.9 Å². The van der Waals surface area contributed by atoms with Crippen LogP contribution < -0.4 is 5.32 Å². The minimum atomic E-state index is -0.293. The average molecular weight is 591 g/mol. The standard InChI is InChI=1S/C37H38N2O3S/c40-36(31-17-9-3-10-18-31)38-33(23-21-29-13-5-1-6-14-29)35(43-37(41)32-19-11-4-12-20-32)34(39-25-27-42-28-26-39)24-22-30-15-7-2-8-16-30/h1-20,22,24,33-35H,21,23,25-28H2,(H,38,40)/b24-22+. The molecule has 43 heavy (non-hydrogen) atoms. The lowest BCUT2D eigenvalue weighted by Gasteiger charge is -2.40. The predicted molar refractivity (Wildman–Crippen MR) is 176 cm³/mol. The fourth-order valence-corrected chi connectivity index (χ4v) is 6.66. The van der Waals surface area contributed by atoms with E-state index in [2.05, 4.69) is 46.6 Å². The van der Waals surface area contributed by atoms with Gasteiger partial charge in [0.1, 0.15) is 0 Å². The van der Waals surface area contributed by atoms with Crippen LogP contribution in [0.2, 0.25) is 0 Å². The molecule has 1 aliphatic rings. The topological polar surface area (TPSA) is 58.6 Å². The molecule has 5 nitrogen and oxygen atoms in total. The van der Waals surface area contributed by atoms with Crippen LogP contribution in [0.5, 0.6) is 0 Å². The summed E-state index contributed by atoms with van der Waals surface area (Å²) < 4.78 is 5.72. The smallest absolute Gasteiger partial charge is 0.251 e. The summed E-state index contributed by atoms with van der Waals surface area (Å²) in [4.78, 5) is 29.9. The van der Waals surface area contributed by atoms with E-state index in [1.54, 1.807) is 0 Å². The van der Waals surface area contributed by atoms with Gasteiger partial charge in [0.25, 0.3) is 5.91 Å². The second-order valence-electron chi connectivity index (χ2n) is 10.6. The summed E-state index contributed by atoms with van der Waals surface area (Å²) >= 11 is 1.33. The number of amides is 1. The molecule has 0 bridgehead atoms. The van der Waals surface area contributed by atoms with Crippen molar-refractivity contribution < 1.29 is 14.3 Å². The highest BCUT2D eigenvalue weighted by atomic mass is 32.2.